The number of anilines is 1. The lowest BCUT2D eigenvalue weighted by atomic mass is 10.1. The summed E-state index contributed by atoms with van der Waals surface area (Å²) in [4.78, 5) is 33.9. The van der Waals surface area contributed by atoms with Crippen molar-refractivity contribution in [2.45, 2.75) is 6.92 Å². The van der Waals surface area contributed by atoms with Gasteiger partial charge >= 0.3 is 11.9 Å². The number of carboxylic acids is 1. The molecule has 0 bridgehead atoms. The van der Waals surface area contributed by atoms with Crippen LogP contribution in [0.25, 0.3) is 0 Å². The maximum atomic E-state index is 11.7. The van der Waals surface area contributed by atoms with Gasteiger partial charge in [0.2, 0.25) is 11.8 Å². The first-order valence-electron chi connectivity index (χ1n) is 5.31. The van der Waals surface area contributed by atoms with Gasteiger partial charge in [-0.1, -0.05) is 18.2 Å². The molecule has 1 atom stereocenters. The standard InChI is InChI=1S/C12H13NO5/c1-2-18-12(17)9(11(15)16)10(14)13-8-6-4-3-5-7-8/h3-7,9H,2H2,1H3,(H,13,14)(H,15,16). The minimum absolute atomic E-state index is 0.0151. The van der Waals surface area contributed by atoms with Crippen LogP contribution in [0.15, 0.2) is 30.3 Å². The van der Waals surface area contributed by atoms with Gasteiger partial charge in [-0.25, -0.2) is 0 Å². The summed E-state index contributed by atoms with van der Waals surface area (Å²) in [5, 5.41) is 11.2. The lowest BCUT2D eigenvalue weighted by Crippen LogP contribution is -2.37. The summed E-state index contributed by atoms with van der Waals surface area (Å²) in [6.45, 7) is 1.55. The largest absolute Gasteiger partial charge is 0.480 e. The van der Waals surface area contributed by atoms with Crippen molar-refractivity contribution in [3.8, 4) is 0 Å². The number of rotatable bonds is 5. The minimum atomic E-state index is -1.86. The van der Waals surface area contributed by atoms with Crippen LogP contribution in [0.2, 0.25) is 0 Å². The number of para-hydroxylation sites is 1. The second kappa shape index (κ2) is 6.39. The fraction of sp³-hybridized carbons (Fsp3) is 0.250. The zero-order valence-electron chi connectivity index (χ0n) is 9.75. The second-order valence-electron chi connectivity index (χ2n) is 3.38. The van der Waals surface area contributed by atoms with Gasteiger partial charge in [-0.05, 0) is 19.1 Å². The minimum Gasteiger partial charge on any atom is -0.480 e. The number of aliphatic carboxylic acids is 1. The van der Waals surface area contributed by atoms with Gasteiger partial charge in [0.15, 0.2) is 0 Å². The fourth-order valence-corrected chi connectivity index (χ4v) is 1.28. The number of carboxylic acid groups (broad SMARTS) is 1. The van der Waals surface area contributed by atoms with Crippen molar-refractivity contribution < 1.29 is 24.2 Å². The highest BCUT2D eigenvalue weighted by Crippen LogP contribution is 2.09. The van der Waals surface area contributed by atoms with Gasteiger partial charge in [0.05, 0.1) is 6.61 Å². The van der Waals surface area contributed by atoms with E-state index >= 15 is 0 Å². The maximum Gasteiger partial charge on any atom is 0.330 e. The molecule has 1 aromatic rings. The van der Waals surface area contributed by atoms with E-state index < -0.39 is 23.8 Å². The Hall–Kier alpha value is -2.37. The van der Waals surface area contributed by atoms with Crippen LogP contribution in [0, 0.1) is 5.92 Å². The Morgan fingerprint density at radius 3 is 2.39 bits per heavy atom. The van der Waals surface area contributed by atoms with Crippen LogP contribution < -0.4 is 5.32 Å². The molecule has 96 valence electrons. The molecule has 0 saturated heterocycles. The number of hydrogen-bond acceptors (Lipinski definition) is 4. The average molecular weight is 251 g/mol. The molecule has 1 rings (SSSR count). The maximum absolute atomic E-state index is 11.7. The van der Waals surface area contributed by atoms with Crippen LogP contribution in [0.3, 0.4) is 0 Å². The molecule has 6 heteroatoms. The Labute approximate surface area is 104 Å². The third-order valence-electron chi connectivity index (χ3n) is 2.07. The Balaban J connectivity index is 2.78. The molecule has 0 aromatic heterocycles. The first kappa shape index (κ1) is 13.7. The van der Waals surface area contributed by atoms with Gasteiger partial charge in [-0.2, -0.15) is 0 Å². The molecule has 0 aliphatic rings. The number of esters is 1. The van der Waals surface area contributed by atoms with Gasteiger partial charge in [0, 0.05) is 5.69 Å². The summed E-state index contributed by atoms with van der Waals surface area (Å²) in [5.74, 6) is -5.39. The summed E-state index contributed by atoms with van der Waals surface area (Å²) >= 11 is 0. The van der Waals surface area contributed by atoms with Gasteiger partial charge in [-0.15, -0.1) is 0 Å². The molecular formula is C12H13NO5. The van der Waals surface area contributed by atoms with E-state index in [0.29, 0.717) is 5.69 Å². The molecule has 2 N–H and O–H groups in total. The number of ether oxygens (including phenoxy) is 1. The number of hydrogen-bond donors (Lipinski definition) is 2. The molecule has 18 heavy (non-hydrogen) atoms. The predicted molar refractivity (Wildman–Crippen MR) is 62.8 cm³/mol. The monoisotopic (exact) mass is 251 g/mol. The third-order valence-corrected chi connectivity index (χ3v) is 2.07. The Bertz CT molecular complexity index is 443. The van der Waals surface area contributed by atoms with E-state index in [1.54, 1.807) is 30.3 Å². The molecule has 0 aliphatic carbocycles. The number of carbonyl (C=O) groups is 3. The quantitative estimate of drug-likeness (QED) is 0.598. The van der Waals surface area contributed by atoms with E-state index in [4.69, 9.17) is 5.11 Å². The topological polar surface area (TPSA) is 92.7 Å². The van der Waals surface area contributed by atoms with E-state index in [0.717, 1.165) is 0 Å². The molecule has 1 unspecified atom stereocenters. The lowest BCUT2D eigenvalue weighted by Gasteiger charge is -2.11. The van der Waals surface area contributed by atoms with Gasteiger partial charge in [0.1, 0.15) is 0 Å². The molecule has 0 spiro atoms. The predicted octanol–water partition coefficient (Wildman–Crippen LogP) is 0.889. The number of carbonyl (C=O) groups excluding carboxylic acids is 2. The van der Waals surface area contributed by atoms with Gasteiger partial charge in [-0.3, -0.25) is 14.4 Å². The Morgan fingerprint density at radius 1 is 1.28 bits per heavy atom. The molecule has 1 amide bonds. The summed E-state index contributed by atoms with van der Waals surface area (Å²) in [6.07, 6.45) is 0. The van der Waals surface area contributed by atoms with Crippen LogP contribution in [0.4, 0.5) is 5.69 Å². The fourth-order valence-electron chi connectivity index (χ4n) is 1.28. The molecule has 0 saturated carbocycles. The normalized spacial score (nSPS) is 11.4. The Morgan fingerprint density at radius 2 is 1.89 bits per heavy atom. The summed E-state index contributed by atoms with van der Waals surface area (Å²) in [5.41, 5.74) is 0.415. The highest BCUT2D eigenvalue weighted by atomic mass is 16.5. The van der Waals surface area contributed by atoms with E-state index in [9.17, 15) is 14.4 Å². The third kappa shape index (κ3) is 3.58. The second-order valence-corrected chi connectivity index (χ2v) is 3.38. The summed E-state index contributed by atoms with van der Waals surface area (Å²) in [7, 11) is 0. The van der Waals surface area contributed by atoms with Crippen molar-refractivity contribution in [2.24, 2.45) is 5.92 Å². The van der Waals surface area contributed by atoms with Crippen LogP contribution in [-0.2, 0) is 19.1 Å². The number of nitrogens with one attached hydrogen (secondary N) is 1. The summed E-state index contributed by atoms with van der Waals surface area (Å²) < 4.78 is 4.54. The van der Waals surface area contributed by atoms with Crippen molar-refractivity contribution in [1.29, 1.82) is 0 Å². The van der Waals surface area contributed by atoms with Crippen molar-refractivity contribution in [1.82, 2.24) is 0 Å². The van der Waals surface area contributed by atoms with Crippen LogP contribution in [0.5, 0.6) is 0 Å². The van der Waals surface area contributed by atoms with E-state index in [-0.39, 0.29) is 6.61 Å². The first-order chi connectivity index (χ1) is 8.56. The molecule has 0 aliphatic heterocycles. The van der Waals surface area contributed by atoms with E-state index in [1.165, 1.54) is 6.92 Å². The zero-order chi connectivity index (χ0) is 13.5. The molecule has 1 aromatic carbocycles. The molecule has 0 heterocycles. The highest BCUT2D eigenvalue weighted by molar-refractivity contribution is 6.17. The zero-order valence-corrected chi connectivity index (χ0v) is 9.75. The van der Waals surface area contributed by atoms with Crippen LogP contribution >= 0.6 is 0 Å². The van der Waals surface area contributed by atoms with Crippen molar-refractivity contribution in [2.75, 3.05) is 11.9 Å². The average Bonchev–Trinajstić information content (AvgIpc) is 2.30. The van der Waals surface area contributed by atoms with Crippen molar-refractivity contribution >= 4 is 23.5 Å². The van der Waals surface area contributed by atoms with Gasteiger partial charge in [0.25, 0.3) is 0 Å². The van der Waals surface area contributed by atoms with Gasteiger partial charge < -0.3 is 15.2 Å². The first-order valence-corrected chi connectivity index (χ1v) is 5.31. The molecule has 0 fully saturated rings. The summed E-state index contributed by atoms with van der Waals surface area (Å²) in [6, 6.07) is 8.27. The van der Waals surface area contributed by atoms with E-state index in [1.807, 2.05) is 0 Å². The lowest BCUT2D eigenvalue weighted by molar-refractivity contribution is -0.160. The molecular weight excluding hydrogens is 238 g/mol. The smallest absolute Gasteiger partial charge is 0.330 e. The Kier molecular flexibility index (Phi) is 4.86. The highest BCUT2D eigenvalue weighted by Gasteiger charge is 2.35. The number of amides is 1. The van der Waals surface area contributed by atoms with Crippen molar-refractivity contribution in [3.63, 3.8) is 0 Å². The molecule has 6 nitrogen and oxygen atoms in total. The SMILES string of the molecule is CCOC(=O)C(C(=O)O)C(=O)Nc1ccccc1. The number of benzene rings is 1. The molecule has 0 radical (unpaired) electrons. The van der Waals surface area contributed by atoms with Crippen molar-refractivity contribution in [3.05, 3.63) is 30.3 Å². The van der Waals surface area contributed by atoms with E-state index in [2.05, 4.69) is 10.1 Å². The van der Waals surface area contributed by atoms with Crippen LogP contribution in [-0.4, -0.2) is 29.6 Å². The van der Waals surface area contributed by atoms with Crippen LogP contribution in [0.1, 0.15) is 6.92 Å².